The summed E-state index contributed by atoms with van der Waals surface area (Å²) in [5.74, 6) is 0.378. The summed E-state index contributed by atoms with van der Waals surface area (Å²) in [6.07, 6.45) is 1.06. The number of carbonyl (C=O) groups excluding carboxylic acids is 2. The van der Waals surface area contributed by atoms with E-state index in [2.05, 4.69) is 10.6 Å². The van der Waals surface area contributed by atoms with E-state index in [1.54, 1.807) is 19.1 Å². The smallest absolute Gasteiger partial charge is 0.407 e. The number of para-hydroxylation sites is 1. The fourth-order valence-electron chi connectivity index (χ4n) is 1.61. The van der Waals surface area contributed by atoms with Gasteiger partial charge in [-0.3, -0.25) is 4.79 Å². The van der Waals surface area contributed by atoms with E-state index in [0.29, 0.717) is 12.3 Å². The lowest BCUT2D eigenvalue weighted by atomic mass is 10.3. The van der Waals surface area contributed by atoms with Gasteiger partial charge in [0.15, 0.2) is 6.61 Å². The maximum Gasteiger partial charge on any atom is 0.407 e. The van der Waals surface area contributed by atoms with Crippen LogP contribution >= 0.6 is 0 Å². The predicted octanol–water partition coefficient (Wildman–Crippen LogP) is 2.10. The number of ether oxygens (including phenoxy) is 2. The first-order chi connectivity index (χ1) is 10.6. The van der Waals surface area contributed by atoms with Crippen LogP contribution in [0.2, 0.25) is 0 Å². The number of benzene rings is 1. The van der Waals surface area contributed by atoms with Gasteiger partial charge in [0.25, 0.3) is 5.91 Å². The van der Waals surface area contributed by atoms with Crippen LogP contribution in [-0.2, 0) is 9.53 Å². The summed E-state index contributed by atoms with van der Waals surface area (Å²) in [7, 11) is 0. The van der Waals surface area contributed by atoms with Crippen LogP contribution in [0.1, 0.15) is 26.7 Å². The molecule has 0 aliphatic rings. The highest BCUT2D eigenvalue weighted by molar-refractivity contribution is 5.77. The van der Waals surface area contributed by atoms with E-state index in [1.165, 1.54) is 0 Å². The molecule has 0 aliphatic heterocycles. The largest absolute Gasteiger partial charge is 0.484 e. The molecule has 0 saturated heterocycles. The monoisotopic (exact) mass is 308 g/mol. The number of rotatable bonds is 9. The molecule has 0 fully saturated rings. The van der Waals surface area contributed by atoms with Crippen LogP contribution in [0.3, 0.4) is 0 Å². The van der Waals surface area contributed by atoms with Gasteiger partial charge in [0.05, 0.1) is 6.54 Å². The average molecular weight is 308 g/mol. The number of unbranched alkanes of at least 4 members (excludes halogenated alkanes) is 1. The Kier molecular flexibility index (Phi) is 8.49. The van der Waals surface area contributed by atoms with Gasteiger partial charge in [0.1, 0.15) is 11.9 Å². The van der Waals surface area contributed by atoms with Gasteiger partial charge in [-0.2, -0.15) is 0 Å². The molecule has 0 aromatic heterocycles. The number of carbonyl (C=O) groups is 2. The van der Waals surface area contributed by atoms with E-state index in [4.69, 9.17) is 9.47 Å². The van der Waals surface area contributed by atoms with Gasteiger partial charge < -0.3 is 20.1 Å². The third-order valence-corrected chi connectivity index (χ3v) is 2.81. The van der Waals surface area contributed by atoms with Crippen molar-refractivity contribution >= 4 is 12.0 Å². The summed E-state index contributed by atoms with van der Waals surface area (Å²) in [4.78, 5) is 23.0. The second kappa shape index (κ2) is 10.5. The maximum atomic E-state index is 11.6. The zero-order valence-electron chi connectivity index (χ0n) is 13.1. The molecule has 0 radical (unpaired) electrons. The molecule has 1 unspecified atom stereocenters. The fraction of sp³-hybridized carbons (Fsp3) is 0.500. The van der Waals surface area contributed by atoms with Crippen molar-refractivity contribution in [3.63, 3.8) is 0 Å². The molecule has 1 rings (SSSR count). The third-order valence-electron chi connectivity index (χ3n) is 2.81. The molecule has 0 heterocycles. The molecule has 2 amide bonds. The molecule has 1 aromatic rings. The summed E-state index contributed by atoms with van der Waals surface area (Å²) >= 11 is 0. The molecule has 1 atom stereocenters. The molecule has 0 saturated carbocycles. The predicted molar refractivity (Wildman–Crippen MR) is 83.8 cm³/mol. The van der Waals surface area contributed by atoms with E-state index in [0.717, 1.165) is 12.8 Å². The normalized spacial score (nSPS) is 11.4. The first-order valence-corrected chi connectivity index (χ1v) is 7.50. The van der Waals surface area contributed by atoms with Gasteiger partial charge in [-0.25, -0.2) is 4.79 Å². The van der Waals surface area contributed by atoms with Crippen molar-refractivity contribution in [2.24, 2.45) is 0 Å². The minimum absolute atomic E-state index is 0.0700. The SMILES string of the molecule is CCCCNC(=O)OC(C)CNC(=O)COc1ccccc1. The van der Waals surface area contributed by atoms with Gasteiger partial charge in [-0.15, -0.1) is 0 Å². The van der Waals surface area contributed by atoms with Crippen molar-refractivity contribution < 1.29 is 19.1 Å². The molecule has 0 aliphatic carbocycles. The topological polar surface area (TPSA) is 76.7 Å². The van der Waals surface area contributed by atoms with Gasteiger partial charge in [0, 0.05) is 6.54 Å². The quantitative estimate of drug-likeness (QED) is 0.685. The van der Waals surface area contributed by atoms with Crippen molar-refractivity contribution in [2.45, 2.75) is 32.8 Å². The molecule has 22 heavy (non-hydrogen) atoms. The zero-order chi connectivity index (χ0) is 16.2. The van der Waals surface area contributed by atoms with Crippen LogP contribution in [0, 0.1) is 0 Å². The molecule has 0 bridgehead atoms. The van der Waals surface area contributed by atoms with Crippen molar-refractivity contribution in [1.29, 1.82) is 0 Å². The van der Waals surface area contributed by atoms with Crippen molar-refractivity contribution in [1.82, 2.24) is 10.6 Å². The number of nitrogens with one attached hydrogen (secondary N) is 2. The molecule has 1 aromatic carbocycles. The van der Waals surface area contributed by atoms with Crippen LogP contribution in [0.4, 0.5) is 4.79 Å². The van der Waals surface area contributed by atoms with E-state index in [1.807, 2.05) is 25.1 Å². The number of alkyl carbamates (subject to hydrolysis) is 1. The fourth-order valence-corrected chi connectivity index (χ4v) is 1.61. The summed E-state index contributed by atoms with van der Waals surface area (Å²) in [6, 6.07) is 9.09. The molecule has 0 spiro atoms. The minimum Gasteiger partial charge on any atom is -0.484 e. The Labute approximate surface area is 131 Å². The van der Waals surface area contributed by atoms with Crippen molar-refractivity contribution in [3.8, 4) is 5.75 Å². The summed E-state index contributed by atoms with van der Waals surface area (Å²) in [6.45, 7) is 4.54. The Morgan fingerprint density at radius 1 is 1.18 bits per heavy atom. The lowest BCUT2D eigenvalue weighted by molar-refractivity contribution is -0.123. The molecule has 2 N–H and O–H groups in total. The maximum absolute atomic E-state index is 11.6. The first kappa shape index (κ1) is 17.8. The first-order valence-electron chi connectivity index (χ1n) is 7.50. The lowest BCUT2D eigenvalue weighted by Crippen LogP contribution is -2.38. The average Bonchev–Trinajstić information content (AvgIpc) is 2.52. The second-order valence-corrected chi connectivity index (χ2v) is 4.90. The minimum atomic E-state index is -0.462. The zero-order valence-corrected chi connectivity index (χ0v) is 13.1. The second-order valence-electron chi connectivity index (χ2n) is 4.90. The number of hydrogen-bond acceptors (Lipinski definition) is 4. The Bertz CT molecular complexity index is 451. The van der Waals surface area contributed by atoms with E-state index in [9.17, 15) is 9.59 Å². The molecular formula is C16H24N2O4. The standard InChI is InChI=1S/C16H24N2O4/c1-3-4-10-17-16(20)22-13(2)11-18-15(19)12-21-14-8-6-5-7-9-14/h5-9,13H,3-4,10-12H2,1-2H3,(H,17,20)(H,18,19). The summed E-state index contributed by atoms with van der Waals surface area (Å²) in [5.41, 5.74) is 0. The van der Waals surface area contributed by atoms with Gasteiger partial charge >= 0.3 is 6.09 Å². The van der Waals surface area contributed by atoms with E-state index in [-0.39, 0.29) is 19.1 Å². The Morgan fingerprint density at radius 3 is 2.59 bits per heavy atom. The Morgan fingerprint density at radius 2 is 1.91 bits per heavy atom. The van der Waals surface area contributed by atoms with Crippen LogP contribution in [-0.4, -0.2) is 37.8 Å². The van der Waals surface area contributed by atoms with Crippen LogP contribution in [0.25, 0.3) is 0 Å². The van der Waals surface area contributed by atoms with Crippen molar-refractivity contribution in [2.75, 3.05) is 19.7 Å². The molecule has 6 nitrogen and oxygen atoms in total. The van der Waals surface area contributed by atoms with Gasteiger partial charge in [-0.1, -0.05) is 31.5 Å². The molecular weight excluding hydrogens is 284 g/mol. The van der Waals surface area contributed by atoms with E-state index >= 15 is 0 Å². The van der Waals surface area contributed by atoms with Crippen LogP contribution < -0.4 is 15.4 Å². The van der Waals surface area contributed by atoms with Gasteiger partial charge in [-0.05, 0) is 25.5 Å². The van der Waals surface area contributed by atoms with Crippen LogP contribution in [0.5, 0.6) is 5.75 Å². The highest BCUT2D eigenvalue weighted by Gasteiger charge is 2.10. The lowest BCUT2D eigenvalue weighted by Gasteiger charge is -2.14. The highest BCUT2D eigenvalue weighted by Crippen LogP contribution is 2.07. The van der Waals surface area contributed by atoms with Crippen LogP contribution in [0.15, 0.2) is 30.3 Å². The Hall–Kier alpha value is -2.24. The van der Waals surface area contributed by atoms with E-state index < -0.39 is 12.2 Å². The number of hydrogen-bond donors (Lipinski definition) is 2. The molecule has 122 valence electrons. The highest BCUT2D eigenvalue weighted by atomic mass is 16.6. The summed E-state index contributed by atoms with van der Waals surface area (Å²) in [5, 5.41) is 5.31. The number of amides is 2. The summed E-state index contributed by atoms with van der Waals surface area (Å²) < 4.78 is 10.4. The van der Waals surface area contributed by atoms with Gasteiger partial charge in [0.2, 0.25) is 0 Å². The third kappa shape index (κ3) is 8.14. The van der Waals surface area contributed by atoms with Crippen molar-refractivity contribution in [3.05, 3.63) is 30.3 Å². The Balaban J connectivity index is 2.13. The molecule has 6 heteroatoms.